The van der Waals surface area contributed by atoms with Gasteiger partial charge in [-0.15, -0.1) is 5.06 Å². The zero-order valence-electron chi connectivity index (χ0n) is 12.0. The molecular weight excluding hydrogens is 226 g/mol. The second-order valence-electron chi connectivity index (χ2n) is 5.32. The molecule has 0 aromatic carbocycles. The van der Waals surface area contributed by atoms with Crippen molar-refractivity contribution in [1.82, 2.24) is 5.06 Å². The van der Waals surface area contributed by atoms with Crippen LogP contribution in [0.3, 0.4) is 0 Å². The molecule has 1 saturated heterocycles. The van der Waals surface area contributed by atoms with Gasteiger partial charge in [-0.1, -0.05) is 51.9 Å². The zero-order chi connectivity index (χ0) is 13.1. The second kappa shape index (κ2) is 10.4. The Morgan fingerprint density at radius 3 is 2.11 bits per heavy atom. The van der Waals surface area contributed by atoms with Crippen molar-refractivity contribution in [3.8, 4) is 0 Å². The molecule has 0 aromatic heterocycles. The highest BCUT2D eigenvalue weighted by Gasteiger charge is 2.15. The number of hydroxylamine groups is 2. The molecule has 3 heteroatoms. The van der Waals surface area contributed by atoms with Crippen LogP contribution >= 0.6 is 0 Å². The van der Waals surface area contributed by atoms with E-state index >= 15 is 0 Å². The molecule has 0 amide bonds. The van der Waals surface area contributed by atoms with Crippen LogP contribution in [0.25, 0.3) is 0 Å². The number of hydrogen-bond donors (Lipinski definition) is 0. The van der Waals surface area contributed by atoms with Crippen molar-refractivity contribution in [3.63, 3.8) is 0 Å². The Bertz CT molecular complexity index is 213. The van der Waals surface area contributed by atoms with E-state index in [2.05, 4.69) is 6.92 Å². The summed E-state index contributed by atoms with van der Waals surface area (Å²) in [5.41, 5.74) is 0. The summed E-state index contributed by atoms with van der Waals surface area (Å²) in [4.78, 5) is 16.8. The maximum atomic E-state index is 11.5. The van der Waals surface area contributed by atoms with Gasteiger partial charge in [0.05, 0.1) is 0 Å². The van der Waals surface area contributed by atoms with Crippen LogP contribution in [0.5, 0.6) is 0 Å². The summed E-state index contributed by atoms with van der Waals surface area (Å²) in [7, 11) is 0. The van der Waals surface area contributed by atoms with Gasteiger partial charge < -0.3 is 4.84 Å². The first kappa shape index (κ1) is 15.5. The fourth-order valence-corrected chi connectivity index (χ4v) is 2.37. The molecule has 0 N–H and O–H groups in total. The molecule has 1 heterocycles. The van der Waals surface area contributed by atoms with Crippen molar-refractivity contribution in [2.45, 2.75) is 77.6 Å². The fraction of sp³-hybridized carbons (Fsp3) is 0.933. The van der Waals surface area contributed by atoms with Crippen molar-refractivity contribution in [3.05, 3.63) is 0 Å². The van der Waals surface area contributed by atoms with Gasteiger partial charge in [0.25, 0.3) is 0 Å². The van der Waals surface area contributed by atoms with Gasteiger partial charge in [-0.25, -0.2) is 0 Å². The average Bonchev–Trinajstić information content (AvgIpc) is 2.85. The van der Waals surface area contributed by atoms with E-state index < -0.39 is 0 Å². The highest BCUT2D eigenvalue weighted by atomic mass is 16.7. The minimum atomic E-state index is -0.0390. The van der Waals surface area contributed by atoms with Crippen molar-refractivity contribution in [2.24, 2.45) is 0 Å². The first-order chi connectivity index (χ1) is 8.83. The first-order valence-corrected chi connectivity index (χ1v) is 7.78. The Morgan fingerprint density at radius 2 is 1.50 bits per heavy atom. The quantitative estimate of drug-likeness (QED) is 0.551. The molecule has 0 spiro atoms. The van der Waals surface area contributed by atoms with E-state index in [-0.39, 0.29) is 5.97 Å². The third-order valence-electron chi connectivity index (χ3n) is 3.53. The summed E-state index contributed by atoms with van der Waals surface area (Å²) in [5, 5.41) is 1.81. The lowest BCUT2D eigenvalue weighted by Crippen LogP contribution is -2.23. The second-order valence-corrected chi connectivity index (χ2v) is 5.32. The van der Waals surface area contributed by atoms with E-state index in [4.69, 9.17) is 4.84 Å². The molecule has 0 aliphatic carbocycles. The van der Waals surface area contributed by atoms with Crippen LogP contribution in [0.4, 0.5) is 0 Å². The highest BCUT2D eigenvalue weighted by molar-refractivity contribution is 5.68. The Labute approximate surface area is 112 Å². The van der Waals surface area contributed by atoms with Crippen LogP contribution in [0.1, 0.15) is 77.6 Å². The van der Waals surface area contributed by atoms with Gasteiger partial charge in [-0.2, -0.15) is 0 Å². The molecule has 1 aliphatic rings. The smallest absolute Gasteiger partial charge is 0.325 e. The Balaban J connectivity index is 1.83. The molecule has 1 rings (SSSR count). The Hall–Kier alpha value is -0.570. The van der Waals surface area contributed by atoms with Crippen molar-refractivity contribution in [1.29, 1.82) is 0 Å². The van der Waals surface area contributed by atoms with Crippen LogP contribution in [0.15, 0.2) is 0 Å². The molecule has 0 unspecified atom stereocenters. The van der Waals surface area contributed by atoms with Gasteiger partial charge in [-0.05, 0) is 19.3 Å². The molecule has 0 aromatic rings. The summed E-state index contributed by atoms with van der Waals surface area (Å²) in [5.74, 6) is -0.0390. The van der Waals surface area contributed by atoms with Crippen molar-refractivity contribution >= 4 is 5.97 Å². The van der Waals surface area contributed by atoms with Gasteiger partial charge in [0.1, 0.15) is 0 Å². The number of unbranched alkanes of at least 4 members (excludes halogenated alkanes) is 7. The number of rotatable bonds is 10. The fourth-order valence-electron chi connectivity index (χ4n) is 2.37. The summed E-state index contributed by atoms with van der Waals surface area (Å²) in [6, 6.07) is 0. The molecule has 106 valence electrons. The molecule has 0 radical (unpaired) electrons. The van der Waals surface area contributed by atoms with E-state index in [1.807, 2.05) is 5.06 Å². The molecule has 1 fully saturated rings. The Kier molecular flexibility index (Phi) is 8.92. The monoisotopic (exact) mass is 255 g/mol. The predicted molar refractivity (Wildman–Crippen MR) is 74.1 cm³/mol. The van der Waals surface area contributed by atoms with E-state index in [0.717, 1.165) is 32.4 Å². The van der Waals surface area contributed by atoms with Crippen molar-refractivity contribution in [2.75, 3.05) is 13.1 Å². The van der Waals surface area contributed by atoms with Crippen LogP contribution in [-0.2, 0) is 9.63 Å². The molecule has 3 nitrogen and oxygen atoms in total. The lowest BCUT2D eigenvalue weighted by molar-refractivity contribution is -0.185. The average molecular weight is 255 g/mol. The zero-order valence-corrected chi connectivity index (χ0v) is 12.0. The number of carbonyl (C=O) groups excluding carboxylic acids is 1. The SMILES string of the molecule is CCCCCCCCCCC(=O)ON1CCCC1. The normalized spacial score (nSPS) is 16.1. The van der Waals surface area contributed by atoms with E-state index in [0.29, 0.717) is 6.42 Å². The molecule has 1 aliphatic heterocycles. The molecule has 0 atom stereocenters. The summed E-state index contributed by atoms with van der Waals surface area (Å²) >= 11 is 0. The molecule has 0 bridgehead atoms. The van der Waals surface area contributed by atoms with E-state index in [1.165, 1.54) is 44.9 Å². The van der Waals surface area contributed by atoms with Crippen LogP contribution in [0, 0.1) is 0 Å². The third kappa shape index (κ3) is 7.70. The molecule has 0 saturated carbocycles. The van der Waals surface area contributed by atoms with E-state index in [9.17, 15) is 4.79 Å². The number of carbonyl (C=O) groups is 1. The van der Waals surface area contributed by atoms with Crippen LogP contribution in [-0.4, -0.2) is 24.1 Å². The van der Waals surface area contributed by atoms with Gasteiger partial charge in [0, 0.05) is 19.5 Å². The summed E-state index contributed by atoms with van der Waals surface area (Å²) in [6.45, 7) is 4.08. The summed E-state index contributed by atoms with van der Waals surface area (Å²) in [6.07, 6.45) is 13.0. The van der Waals surface area contributed by atoms with Gasteiger partial charge in [-0.3, -0.25) is 4.79 Å². The number of nitrogens with zero attached hydrogens (tertiary/aromatic N) is 1. The van der Waals surface area contributed by atoms with Gasteiger partial charge in [0.15, 0.2) is 0 Å². The van der Waals surface area contributed by atoms with Gasteiger partial charge >= 0.3 is 5.97 Å². The molecular formula is C15H29NO2. The third-order valence-corrected chi connectivity index (χ3v) is 3.53. The maximum absolute atomic E-state index is 11.5. The lowest BCUT2D eigenvalue weighted by Gasteiger charge is -2.13. The molecule has 18 heavy (non-hydrogen) atoms. The van der Waals surface area contributed by atoms with Crippen molar-refractivity contribution < 1.29 is 9.63 Å². The minimum absolute atomic E-state index is 0.0390. The topological polar surface area (TPSA) is 29.5 Å². The van der Waals surface area contributed by atoms with Gasteiger partial charge in [0.2, 0.25) is 0 Å². The Morgan fingerprint density at radius 1 is 0.944 bits per heavy atom. The number of hydrogen-bond acceptors (Lipinski definition) is 3. The summed E-state index contributed by atoms with van der Waals surface area (Å²) < 4.78 is 0. The van der Waals surface area contributed by atoms with E-state index in [1.54, 1.807) is 0 Å². The van der Waals surface area contributed by atoms with Crippen LogP contribution < -0.4 is 0 Å². The van der Waals surface area contributed by atoms with Crippen LogP contribution in [0.2, 0.25) is 0 Å². The maximum Gasteiger partial charge on any atom is 0.325 e. The highest BCUT2D eigenvalue weighted by Crippen LogP contribution is 2.12. The standard InChI is InChI=1S/C15H29NO2/c1-2-3-4-5-6-7-8-9-12-15(17)18-16-13-10-11-14-16/h2-14H2,1H3. The largest absolute Gasteiger partial charge is 0.368 e. The predicted octanol–water partition coefficient (Wildman–Crippen LogP) is 4.07. The first-order valence-electron chi connectivity index (χ1n) is 7.78. The lowest BCUT2D eigenvalue weighted by atomic mass is 10.1. The minimum Gasteiger partial charge on any atom is -0.368 e.